The van der Waals surface area contributed by atoms with Gasteiger partial charge in [0.05, 0.1) is 16.5 Å². The third-order valence-corrected chi connectivity index (χ3v) is 4.86. The van der Waals surface area contributed by atoms with Crippen molar-refractivity contribution in [3.8, 4) is 5.75 Å². The Morgan fingerprint density at radius 3 is 2.65 bits per heavy atom. The molecule has 1 aliphatic rings. The van der Waals surface area contributed by atoms with Crippen LogP contribution in [0, 0.1) is 0 Å². The van der Waals surface area contributed by atoms with Crippen LogP contribution in [0.3, 0.4) is 0 Å². The topological polar surface area (TPSA) is 110 Å². The summed E-state index contributed by atoms with van der Waals surface area (Å²) in [6, 6.07) is 3.76. The Morgan fingerprint density at radius 2 is 2.08 bits per heavy atom. The maximum absolute atomic E-state index is 12.4. The molecule has 1 atom stereocenters. The molecule has 1 N–H and O–H groups in total. The van der Waals surface area contributed by atoms with Crippen LogP contribution in [0.25, 0.3) is 6.08 Å². The van der Waals surface area contributed by atoms with Crippen LogP contribution in [0.5, 0.6) is 5.75 Å². The van der Waals surface area contributed by atoms with E-state index in [9.17, 15) is 19.2 Å². The number of hydrogen-bond donors (Lipinski definition) is 1. The number of benzene rings is 1. The lowest BCUT2D eigenvalue weighted by Crippen LogP contribution is -2.42. The number of carbonyl (C=O) groups excluding carboxylic acids is 3. The predicted molar refractivity (Wildman–Crippen MR) is 96.6 cm³/mol. The maximum atomic E-state index is 12.4. The van der Waals surface area contributed by atoms with Gasteiger partial charge in [0, 0.05) is 0 Å². The van der Waals surface area contributed by atoms with E-state index in [-0.39, 0.29) is 4.91 Å². The van der Waals surface area contributed by atoms with Crippen LogP contribution in [0.1, 0.15) is 12.5 Å². The van der Waals surface area contributed by atoms with Crippen LogP contribution < -0.4 is 4.74 Å². The molecule has 1 saturated heterocycles. The van der Waals surface area contributed by atoms with Crippen LogP contribution in [-0.2, 0) is 19.1 Å². The second-order valence-corrected chi connectivity index (χ2v) is 6.97. The van der Waals surface area contributed by atoms with Gasteiger partial charge in [0.25, 0.3) is 11.1 Å². The van der Waals surface area contributed by atoms with E-state index >= 15 is 0 Å². The quantitative estimate of drug-likeness (QED) is 0.527. The number of carboxylic acid groups (broad SMARTS) is 1. The van der Waals surface area contributed by atoms with Gasteiger partial charge in [-0.1, -0.05) is 6.07 Å². The molecule has 0 saturated carbocycles. The molecular weight excluding hydrogens is 430 g/mol. The Balaban J connectivity index is 2.21. The second-order valence-electron chi connectivity index (χ2n) is 5.12. The Bertz CT molecular complexity index is 808. The minimum Gasteiger partial charge on any atom is -0.481 e. The lowest BCUT2D eigenvalue weighted by atomic mass is 10.2. The van der Waals surface area contributed by atoms with Crippen LogP contribution in [0.15, 0.2) is 27.6 Å². The van der Waals surface area contributed by atoms with Crippen LogP contribution in [0.4, 0.5) is 4.79 Å². The second kappa shape index (κ2) is 8.37. The maximum Gasteiger partial charge on any atom is 0.341 e. The summed E-state index contributed by atoms with van der Waals surface area (Å²) in [5.41, 5.74) is 0.593. The van der Waals surface area contributed by atoms with E-state index in [0.717, 1.165) is 16.7 Å². The number of thioether (sulfide) groups is 1. The summed E-state index contributed by atoms with van der Waals surface area (Å²) in [6.45, 7) is 0.929. The van der Waals surface area contributed by atoms with E-state index in [4.69, 9.17) is 9.84 Å². The largest absolute Gasteiger partial charge is 0.481 e. The zero-order valence-corrected chi connectivity index (χ0v) is 16.1. The first-order chi connectivity index (χ1) is 12.2. The van der Waals surface area contributed by atoms with Crippen molar-refractivity contribution in [2.45, 2.75) is 13.0 Å². The average molecular weight is 444 g/mol. The summed E-state index contributed by atoms with van der Waals surface area (Å²) in [4.78, 5) is 47.6. The summed E-state index contributed by atoms with van der Waals surface area (Å²) < 4.78 is 10.2. The first-order valence-corrected chi connectivity index (χ1v) is 8.84. The average Bonchev–Trinajstić information content (AvgIpc) is 2.86. The molecule has 0 aromatic heterocycles. The fourth-order valence-electron chi connectivity index (χ4n) is 2.10. The van der Waals surface area contributed by atoms with Gasteiger partial charge in [0.15, 0.2) is 6.61 Å². The van der Waals surface area contributed by atoms with Crippen LogP contribution >= 0.6 is 27.7 Å². The summed E-state index contributed by atoms with van der Waals surface area (Å²) >= 11 is 3.98. The minimum absolute atomic E-state index is 0.164. The first kappa shape index (κ1) is 20.0. The van der Waals surface area contributed by atoms with E-state index < -0.39 is 35.7 Å². The minimum atomic E-state index is -1.10. The SMILES string of the molecule is COC(=O)[C@H](C)N1C(=O)S/C(=C/c2ccc(OCC(=O)O)c(Br)c2)C1=O. The number of aliphatic carboxylic acids is 1. The molecule has 26 heavy (non-hydrogen) atoms. The number of halogens is 1. The predicted octanol–water partition coefficient (Wildman–Crippen LogP) is 2.51. The number of imide groups is 1. The van der Waals surface area contributed by atoms with Crippen molar-refractivity contribution in [3.05, 3.63) is 33.1 Å². The normalized spacial score (nSPS) is 16.7. The highest BCUT2D eigenvalue weighted by molar-refractivity contribution is 9.10. The van der Waals surface area contributed by atoms with E-state index in [0.29, 0.717) is 15.8 Å². The molecule has 0 unspecified atom stereocenters. The molecule has 0 radical (unpaired) electrons. The van der Waals surface area contributed by atoms with Crippen molar-refractivity contribution >= 4 is 56.9 Å². The highest BCUT2D eigenvalue weighted by atomic mass is 79.9. The molecule has 8 nitrogen and oxygen atoms in total. The standard InChI is InChI=1S/C16H14BrNO7S/c1-8(15(22)24-2)18-14(21)12(26-16(18)23)6-9-3-4-11(10(17)5-9)25-7-13(19)20/h3-6,8H,7H2,1-2H3,(H,19,20)/b12-6+/t8-/m0/s1. The van der Waals surface area contributed by atoms with Gasteiger partial charge in [0.2, 0.25) is 0 Å². The number of hydrogen-bond acceptors (Lipinski definition) is 7. The summed E-state index contributed by atoms with van der Waals surface area (Å²) in [5.74, 6) is -2.04. The number of ether oxygens (including phenoxy) is 2. The molecule has 2 amide bonds. The highest BCUT2D eigenvalue weighted by Crippen LogP contribution is 2.35. The van der Waals surface area contributed by atoms with Crippen LogP contribution in [0.2, 0.25) is 0 Å². The first-order valence-electron chi connectivity index (χ1n) is 7.23. The molecule has 1 fully saturated rings. The van der Waals surface area contributed by atoms with Crippen molar-refractivity contribution in [3.63, 3.8) is 0 Å². The fourth-order valence-corrected chi connectivity index (χ4v) is 3.52. The van der Waals surface area contributed by atoms with Crippen molar-refractivity contribution in [1.82, 2.24) is 4.90 Å². The zero-order valence-electron chi connectivity index (χ0n) is 13.7. The van der Waals surface area contributed by atoms with E-state index in [2.05, 4.69) is 20.7 Å². The summed E-state index contributed by atoms with van der Waals surface area (Å²) in [7, 11) is 1.18. The number of amides is 2. The molecule has 0 spiro atoms. The number of carbonyl (C=O) groups is 4. The summed E-state index contributed by atoms with van der Waals surface area (Å²) in [6.07, 6.45) is 1.50. The lowest BCUT2D eigenvalue weighted by molar-refractivity contribution is -0.148. The zero-order chi connectivity index (χ0) is 19.4. The number of methoxy groups -OCH3 is 1. The van der Waals surface area contributed by atoms with Crippen LogP contribution in [-0.4, -0.2) is 52.8 Å². The number of carboxylic acids is 1. The van der Waals surface area contributed by atoms with Crippen molar-refractivity contribution in [2.24, 2.45) is 0 Å². The molecule has 138 valence electrons. The van der Waals surface area contributed by atoms with Crippen molar-refractivity contribution in [2.75, 3.05) is 13.7 Å². The monoisotopic (exact) mass is 443 g/mol. The summed E-state index contributed by atoms with van der Waals surface area (Å²) in [5, 5.41) is 8.08. The van der Waals surface area contributed by atoms with Gasteiger partial charge < -0.3 is 14.6 Å². The molecule has 1 aromatic carbocycles. The van der Waals surface area contributed by atoms with Gasteiger partial charge in [-0.05, 0) is 58.4 Å². The molecule has 2 rings (SSSR count). The van der Waals surface area contributed by atoms with Gasteiger partial charge in [-0.3, -0.25) is 14.5 Å². The Hall–Kier alpha value is -2.33. The Morgan fingerprint density at radius 1 is 1.38 bits per heavy atom. The Kier molecular flexibility index (Phi) is 6.43. The van der Waals surface area contributed by atoms with Gasteiger partial charge in [-0.25, -0.2) is 9.59 Å². The molecule has 1 aromatic rings. The van der Waals surface area contributed by atoms with Gasteiger partial charge >= 0.3 is 11.9 Å². The molecule has 1 aliphatic heterocycles. The van der Waals surface area contributed by atoms with Crippen molar-refractivity contribution in [1.29, 1.82) is 0 Å². The Labute approximate surface area is 161 Å². The van der Waals surface area contributed by atoms with Crippen molar-refractivity contribution < 1.29 is 33.8 Å². The van der Waals surface area contributed by atoms with E-state index in [1.807, 2.05) is 0 Å². The number of esters is 1. The molecule has 1 heterocycles. The molecular formula is C16H14BrNO7S. The molecule has 0 aliphatic carbocycles. The smallest absolute Gasteiger partial charge is 0.341 e. The fraction of sp³-hybridized carbons (Fsp3) is 0.250. The number of rotatable bonds is 6. The van der Waals surface area contributed by atoms with E-state index in [1.165, 1.54) is 20.1 Å². The lowest BCUT2D eigenvalue weighted by Gasteiger charge is -2.18. The van der Waals surface area contributed by atoms with Gasteiger partial charge in [-0.15, -0.1) is 0 Å². The van der Waals surface area contributed by atoms with Gasteiger partial charge in [0.1, 0.15) is 11.8 Å². The molecule has 10 heteroatoms. The van der Waals surface area contributed by atoms with E-state index in [1.54, 1.807) is 18.2 Å². The third kappa shape index (κ3) is 4.44. The molecule has 0 bridgehead atoms. The highest BCUT2D eigenvalue weighted by Gasteiger charge is 2.41. The number of nitrogens with zero attached hydrogens (tertiary/aromatic N) is 1. The van der Waals surface area contributed by atoms with Gasteiger partial charge in [-0.2, -0.15) is 0 Å². The third-order valence-electron chi connectivity index (χ3n) is 3.36.